The van der Waals surface area contributed by atoms with Gasteiger partial charge in [0.1, 0.15) is 0 Å². The van der Waals surface area contributed by atoms with Crippen LogP contribution >= 0.6 is 0 Å². The molecule has 1 amide bonds. The molecule has 0 saturated heterocycles. The Kier molecular flexibility index (Phi) is 3.51. The number of halogens is 3. The van der Waals surface area contributed by atoms with E-state index in [2.05, 4.69) is 10.3 Å². The van der Waals surface area contributed by atoms with Crippen molar-refractivity contribution in [2.75, 3.05) is 0 Å². The summed E-state index contributed by atoms with van der Waals surface area (Å²) in [6.45, 7) is 2.03. The van der Waals surface area contributed by atoms with Gasteiger partial charge in [-0.2, -0.15) is 13.2 Å². The maximum Gasteiger partial charge on any atom is 0.389 e. The third-order valence-electron chi connectivity index (χ3n) is 2.02. The van der Waals surface area contributed by atoms with E-state index in [1.165, 1.54) is 4.68 Å². The fraction of sp³-hybridized carbons (Fsp3) is 0.625. The SMILES string of the molecule is CCn1nnc(C(N)=O)c1CCC(F)(F)F. The van der Waals surface area contributed by atoms with Crippen molar-refractivity contribution in [2.24, 2.45) is 5.73 Å². The molecule has 0 aliphatic rings. The third-order valence-corrected chi connectivity index (χ3v) is 2.02. The fourth-order valence-electron chi connectivity index (χ4n) is 1.29. The number of alkyl halides is 3. The number of aryl methyl sites for hydroxylation is 1. The normalized spacial score (nSPS) is 11.8. The van der Waals surface area contributed by atoms with Crippen molar-refractivity contribution in [3.05, 3.63) is 11.4 Å². The first-order valence-electron chi connectivity index (χ1n) is 4.64. The molecule has 90 valence electrons. The molecule has 1 heterocycles. The van der Waals surface area contributed by atoms with Crippen molar-refractivity contribution in [1.29, 1.82) is 0 Å². The number of amides is 1. The van der Waals surface area contributed by atoms with Gasteiger partial charge in [-0.1, -0.05) is 5.21 Å². The predicted molar refractivity (Wildman–Crippen MR) is 48.6 cm³/mol. The van der Waals surface area contributed by atoms with Gasteiger partial charge in [-0.25, -0.2) is 4.68 Å². The number of primary amides is 1. The van der Waals surface area contributed by atoms with Gasteiger partial charge in [0.25, 0.3) is 5.91 Å². The highest BCUT2D eigenvalue weighted by atomic mass is 19.4. The van der Waals surface area contributed by atoms with E-state index in [4.69, 9.17) is 5.73 Å². The highest BCUT2D eigenvalue weighted by molar-refractivity contribution is 5.91. The quantitative estimate of drug-likeness (QED) is 0.843. The molecule has 8 heteroatoms. The maximum absolute atomic E-state index is 12.0. The summed E-state index contributed by atoms with van der Waals surface area (Å²) in [5.74, 6) is -0.864. The van der Waals surface area contributed by atoms with Crippen molar-refractivity contribution < 1.29 is 18.0 Å². The van der Waals surface area contributed by atoms with E-state index >= 15 is 0 Å². The van der Waals surface area contributed by atoms with Gasteiger partial charge in [0.15, 0.2) is 5.69 Å². The number of nitrogens with two attached hydrogens (primary N) is 1. The van der Waals surface area contributed by atoms with Crippen molar-refractivity contribution in [3.8, 4) is 0 Å². The zero-order valence-corrected chi connectivity index (χ0v) is 8.58. The average molecular weight is 236 g/mol. The van der Waals surface area contributed by atoms with Crippen LogP contribution in [0.25, 0.3) is 0 Å². The molecule has 16 heavy (non-hydrogen) atoms. The molecule has 1 aromatic rings. The molecule has 0 radical (unpaired) electrons. The molecule has 0 fully saturated rings. The van der Waals surface area contributed by atoms with Gasteiger partial charge in [0.2, 0.25) is 0 Å². The van der Waals surface area contributed by atoms with Crippen molar-refractivity contribution in [2.45, 2.75) is 32.5 Å². The second kappa shape index (κ2) is 4.50. The van der Waals surface area contributed by atoms with E-state index in [0.717, 1.165) is 0 Å². The van der Waals surface area contributed by atoms with Crippen LogP contribution in [0.15, 0.2) is 0 Å². The number of hydrogen-bond donors (Lipinski definition) is 1. The van der Waals surface area contributed by atoms with Crippen molar-refractivity contribution in [1.82, 2.24) is 15.0 Å². The third kappa shape index (κ3) is 2.94. The zero-order chi connectivity index (χ0) is 12.3. The van der Waals surface area contributed by atoms with Crippen LogP contribution in [0.2, 0.25) is 0 Å². The molecule has 1 rings (SSSR count). The summed E-state index contributed by atoms with van der Waals surface area (Å²) >= 11 is 0. The Morgan fingerprint density at radius 1 is 1.50 bits per heavy atom. The summed E-state index contributed by atoms with van der Waals surface area (Å²) in [4.78, 5) is 10.9. The lowest BCUT2D eigenvalue weighted by Gasteiger charge is -2.07. The van der Waals surface area contributed by atoms with E-state index in [9.17, 15) is 18.0 Å². The lowest BCUT2D eigenvalue weighted by atomic mass is 10.2. The standard InChI is InChI=1S/C8H11F3N4O/c1-2-15-5(3-4-8(9,10)11)6(7(12)16)13-14-15/h2-4H2,1H3,(H2,12,16). The Morgan fingerprint density at radius 3 is 2.56 bits per heavy atom. The first-order chi connectivity index (χ1) is 7.35. The number of carbonyl (C=O) groups is 1. The van der Waals surface area contributed by atoms with Gasteiger partial charge >= 0.3 is 6.18 Å². The molecule has 0 unspecified atom stereocenters. The lowest BCUT2D eigenvalue weighted by molar-refractivity contribution is -0.134. The summed E-state index contributed by atoms with van der Waals surface area (Å²) in [7, 11) is 0. The van der Waals surface area contributed by atoms with Crippen LogP contribution in [-0.2, 0) is 13.0 Å². The van der Waals surface area contributed by atoms with Crippen LogP contribution in [-0.4, -0.2) is 27.1 Å². The lowest BCUT2D eigenvalue weighted by Crippen LogP contribution is -2.17. The van der Waals surface area contributed by atoms with E-state index in [0.29, 0.717) is 6.54 Å². The Balaban J connectivity index is 2.91. The van der Waals surface area contributed by atoms with Crippen molar-refractivity contribution >= 4 is 5.91 Å². The molecule has 0 aliphatic carbocycles. The number of aromatic nitrogens is 3. The molecule has 0 saturated carbocycles. The largest absolute Gasteiger partial charge is 0.389 e. The summed E-state index contributed by atoms with van der Waals surface area (Å²) in [6, 6.07) is 0. The van der Waals surface area contributed by atoms with Gasteiger partial charge in [-0.3, -0.25) is 4.79 Å². The second-order valence-electron chi connectivity index (χ2n) is 3.18. The van der Waals surface area contributed by atoms with E-state index in [-0.39, 0.29) is 17.8 Å². The summed E-state index contributed by atoms with van der Waals surface area (Å²) in [5, 5.41) is 7.01. The van der Waals surface area contributed by atoms with Crippen LogP contribution in [0.5, 0.6) is 0 Å². The highest BCUT2D eigenvalue weighted by Crippen LogP contribution is 2.22. The molecule has 0 aliphatic heterocycles. The van der Waals surface area contributed by atoms with Gasteiger partial charge in [-0.05, 0) is 6.92 Å². The predicted octanol–water partition coefficient (Wildman–Crippen LogP) is 0.892. The molecule has 0 aromatic carbocycles. The maximum atomic E-state index is 12.0. The van der Waals surface area contributed by atoms with Gasteiger partial charge in [-0.15, -0.1) is 5.10 Å². The fourth-order valence-corrected chi connectivity index (χ4v) is 1.29. The minimum Gasteiger partial charge on any atom is -0.364 e. The van der Waals surface area contributed by atoms with Crippen LogP contribution in [0.4, 0.5) is 13.2 Å². The molecule has 0 atom stereocenters. The van der Waals surface area contributed by atoms with Gasteiger partial charge < -0.3 is 5.73 Å². The molecule has 0 bridgehead atoms. The Labute approximate surface area is 89.4 Å². The summed E-state index contributed by atoms with van der Waals surface area (Å²) < 4.78 is 37.4. The Morgan fingerprint density at radius 2 is 2.12 bits per heavy atom. The number of hydrogen-bond acceptors (Lipinski definition) is 3. The van der Waals surface area contributed by atoms with Crippen molar-refractivity contribution in [3.63, 3.8) is 0 Å². The number of nitrogens with zero attached hydrogens (tertiary/aromatic N) is 3. The Hall–Kier alpha value is -1.60. The zero-order valence-electron chi connectivity index (χ0n) is 8.58. The topological polar surface area (TPSA) is 73.8 Å². The average Bonchev–Trinajstić information content (AvgIpc) is 2.56. The van der Waals surface area contributed by atoms with E-state index in [1.807, 2.05) is 0 Å². The van der Waals surface area contributed by atoms with E-state index in [1.54, 1.807) is 6.92 Å². The highest BCUT2D eigenvalue weighted by Gasteiger charge is 2.29. The molecule has 0 spiro atoms. The molecule has 1 aromatic heterocycles. The smallest absolute Gasteiger partial charge is 0.364 e. The number of rotatable bonds is 4. The first kappa shape index (κ1) is 12.5. The van der Waals surface area contributed by atoms with Gasteiger partial charge in [0, 0.05) is 19.4 Å². The van der Waals surface area contributed by atoms with Crippen LogP contribution < -0.4 is 5.73 Å². The number of carbonyl (C=O) groups excluding carboxylic acids is 1. The minimum atomic E-state index is -4.28. The first-order valence-corrected chi connectivity index (χ1v) is 4.64. The summed E-state index contributed by atoms with van der Waals surface area (Å²) in [5.41, 5.74) is 4.93. The minimum absolute atomic E-state index is 0.132. The molecular formula is C8H11F3N4O. The summed E-state index contributed by atoms with van der Waals surface area (Å²) in [6.07, 6.45) is -5.65. The monoisotopic (exact) mass is 236 g/mol. The molecule has 2 N–H and O–H groups in total. The Bertz CT molecular complexity index is 385. The second-order valence-corrected chi connectivity index (χ2v) is 3.18. The molecular weight excluding hydrogens is 225 g/mol. The molecule has 5 nitrogen and oxygen atoms in total. The van der Waals surface area contributed by atoms with Crippen LogP contribution in [0.1, 0.15) is 29.5 Å². The van der Waals surface area contributed by atoms with E-state index < -0.39 is 18.5 Å². The van der Waals surface area contributed by atoms with Crippen LogP contribution in [0, 0.1) is 0 Å². The van der Waals surface area contributed by atoms with Gasteiger partial charge in [0.05, 0.1) is 5.69 Å². The van der Waals surface area contributed by atoms with Crippen LogP contribution in [0.3, 0.4) is 0 Å².